The molecule has 0 unspecified atom stereocenters. The van der Waals surface area contributed by atoms with Crippen LogP contribution in [0.25, 0.3) is 0 Å². The Labute approximate surface area is 141 Å². The molecule has 0 spiro atoms. The summed E-state index contributed by atoms with van der Waals surface area (Å²) in [6, 6.07) is 9.54. The minimum atomic E-state index is -4.12. The highest BCUT2D eigenvalue weighted by molar-refractivity contribution is 7.89. The van der Waals surface area contributed by atoms with Crippen LogP contribution in [0.5, 0.6) is 11.5 Å². The number of methoxy groups -OCH3 is 1. The molecule has 24 heavy (non-hydrogen) atoms. The number of ether oxygens (including phenoxy) is 1. The zero-order valence-electron chi connectivity index (χ0n) is 13.3. The fraction of sp³-hybridized carbons (Fsp3) is 0.200. The number of nitrogens with one attached hydrogen (secondary N) is 1. The van der Waals surface area contributed by atoms with Gasteiger partial charge in [0.1, 0.15) is 4.90 Å². The van der Waals surface area contributed by atoms with Crippen molar-refractivity contribution in [2.75, 3.05) is 14.2 Å². The summed E-state index contributed by atoms with van der Waals surface area (Å²) >= 11 is 0. The van der Waals surface area contributed by atoms with Crippen molar-refractivity contribution in [3.63, 3.8) is 0 Å². The molecule has 0 atom stereocenters. The van der Waals surface area contributed by atoms with Crippen LogP contribution in [-0.4, -0.2) is 31.0 Å². The van der Waals surface area contributed by atoms with Gasteiger partial charge < -0.3 is 8.92 Å². The number of sulfonamides is 1. The van der Waals surface area contributed by atoms with Crippen molar-refractivity contribution in [1.29, 1.82) is 0 Å². The number of aryl methyl sites for hydroxylation is 1. The van der Waals surface area contributed by atoms with Gasteiger partial charge in [-0.25, -0.2) is 13.1 Å². The van der Waals surface area contributed by atoms with Gasteiger partial charge in [0.15, 0.2) is 11.5 Å². The van der Waals surface area contributed by atoms with Crippen molar-refractivity contribution >= 4 is 20.1 Å². The first-order valence-corrected chi connectivity index (χ1v) is 9.71. The Hall–Kier alpha value is -2.10. The van der Waals surface area contributed by atoms with Crippen LogP contribution in [0, 0.1) is 6.92 Å². The number of benzene rings is 2. The molecule has 0 saturated heterocycles. The lowest BCUT2D eigenvalue weighted by Gasteiger charge is -2.11. The lowest BCUT2D eigenvalue weighted by atomic mass is 10.2. The van der Waals surface area contributed by atoms with Gasteiger partial charge in [0.25, 0.3) is 0 Å². The molecule has 0 heterocycles. The largest absolute Gasteiger partial charge is 0.493 e. The second-order valence-electron chi connectivity index (χ2n) is 4.87. The van der Waals surface area contributed by atoms with Crippen LogP contribution in [0.15, 0.2) is 52.3 Å². The molecule has 7 nitrogen and oxygen atoms in total. The Kier molecular flexibility index (Phi) is 5.16. The Balaban J connectivity index is 2.35. The summed E-state index contributed by atoms with van der Waals surface area (Å²) in [5, 5.41) is 0. The highest BCUT2D eigenvalue weighted by Crippen LogP contribution is 2.30. The molecule has 0 saturated carbocycles. The zero-order valence-corrected chi connectivity index (χ0v) is 14.9. The standard InChI is InChI=1S/C15H17NO6S2/c1-11-4-9-14(15(10-11)21-3)22-24(19,20)13-7-5-12(6-8-13)23(17,18)16-2/h4-10,16H,1-3H3. The van der Waals surface area contributed by atoms with Crippen molar-refractivity contribution in [2.45, 2.75) is 16.7 Å². The number of hydrogen-bond donors (Lipinski definition) is 1. The van der Waals surface area contributed by atoms with Crippen LogP contribution in [0.4, 0.5) is 0 Å². The van der Waals surface area contributed by atoms with Gasteiger partial charge in [0, 0.05) is 0 Å². The molecular formula is C15H17NO6S2. The molecule has 2 rings (SSSR count). The van der Waals surface area contributed by atoms with Gasteiger partial charge in [-0.05, 0) is 55.9 Å². The third kappa shape index (κ3) is 3.86. The van der Waals surface area contributed by atoms with Gasteiger partial charge in [0.2, 0.25) is 10.0 Å². The molecule has 0 radical (unpaired) electrons. The average molecular weight is 371 g/mol. The SMILES string of the molecule is CNS(=O)(=O)c1ccc(S(=O)(=O)Oc2ccc(C)cc2OC)cc1. The predicted molar refractivity (Wildman–Crippen MR) is 88.2 cm³/mol. The summed E-state index contributed by atoms with van der Waals surface area (Å²) < 4.78 is 60.4. The van der Waals surface area contributed by atoms with E-state index in [9.17, 15) is 16.8 Å². The van der Waals surface area contributed by atoms with Crippen LogP contribution in [0.1, 0.15) is 5.56 Å². The van der Waals surface area contributed by atoms with E-state index in [2.05, 4.69) is 4.72 Å². The lowest BCUT2D eigenvalue weighted by Crippen LogP contribution is -2.18. The maximum absolute atomic E-state index is 12.3. The summed E-state index contributed by atoms with van der Waals surface area (Å²) in [6.07, 6.45) is 0. The Morgan fingerprint density at radius 3 is 2.00 bits per heavy atom. The summed E-state index contributed by atoms with van der Waals surface area (Å²) in [7, 11) is -5.08. The second kappa shape index (κ2) is 6.80. The molecule has 2 aromatic rings. The highest BCUT2D eigenvalue weighted by atomic mass is 32.2. The van der Waals surface area contributed by atoms with Crippen molar-refractivity contribution in [1.82, 2.24) is 4.72 Å². The monoisotopic (exact) mass is 371 g/mol. The molecule has 0 aliphatic carbocycles. The minimum absolute atomic E-state index is 0.0446. The van der Waals surface area contributed by atoms with E-state index >= 15 is 0 Å². The molecular weight excluding hydrogens is 354 g/mol. The van der Waals surface area contributed by atoms with Gasteiger partial charge in [-0.2, -0.15) is 8.42 Å². The van der Waals surface area contributed by atoms with Gasteiger partial charge in [-0.15, -0.1) is 0 Å². The van der Waals surface area contributed by atoms with E-state index in [0.29, 0.717) is 0 Å². The van der Waals surface area contributed by atoms with Crippen molar-refractivity contribution in [3.05, 3.63) is 48.0 Å². The molecule has 2 aromatic carbocycles. The Morgan fingerprint density at radius 2 is 1.46 bits per heavy atom. The summed E-state index contributed by atoms with van der Waals surface area (Å²) in [4.78, 5) is -0.211. The highest BCUT2D eigenvalue weighted by Gasteiger charge is 2.20. The summed E-state index contributed by atoms with van der Waals surface area (Å²) in [6.45, 7) is 1.84. The quantitative estimate of drug-likeness (QED) is 0.776. The van der Waals surface area contributed by atoms with E-state index < -0.39 is 20.1 Å². The third-order valence-corrected chi connectivity index (χ3v) is 5.89. The smallest absolute Gasteiger partial charge is 0.339 e. The normalized spacial score (nSPS) is 12.0. The fourth-order valence-electron chi connectivity index (χ4n) is 1.91. The van der Waals surface area contributed by atoms with Crippen LogP contribution < -0.4 is 13.6 Å². The molecule has 0 aliphatic heterocycles. The van der Waals surface area contributed by atoms with Crippen molar-refractivity contribution in [2.24, 2.45) is 0 Å². The first kappa shape index (κ1) is 18.2. The number of rotatable bonds is 6. The van der Waals surface area contributed by atoms with E-state index in [-0.39, 0.29) is 21.3 Å². The average Bonchev–Trinajstić information content (AvgIpc) is 2.56. The molecule has 1 N–H and O–H groups in total. The van der Waals surface area contributed by atoms with Gasteiger partial charge in [-0.3, -0.25) is 0 Å². The molecule has 9 heteroatoms. The van der Waals surface area contributed by atoms with E-state index in [1.54, 1.807) is 12.1 Å². The van der Waals surface area contributed by atoms with E-state index in [1.165, 1.54) is 44.5 Å². The van der Waals surface area contributed by atoms with Crippen molar-refractivity contribution in [3.8, 4) is 11.5 Å². The van der Waals surface area contributed by atoms with Gasteiger partial charge >= 0.3 is 10.1 Å². The van der Waals surface area contributed by atoms with Crippen LogP contribution in [0.2, 0.25) is 0 Å². The summed E-state index contributed by atoms with van der Waals surface area (Å²) in [5.41, 5.74) is 0.887. The van der Waals surface area contributed by atoms with Gasteiger partial charge in [-0.1, -0.05) is 6.07 Å². The van der Waals surface area contributed by atoms with E-state index in [0.717, 1.165) is 5.56 Å². The second-order valence-corrected chi connectivity index (χ2v) is 8.30. The fourth-order valence-corrected chi connectivity index (χ4v) is 3.58. The molecule has 0 aromatic heterocycles. The first-order chi connectivity index (χ1) is 11.2. The summed E-state index contributed by atoms with van der Waals surface area (Å²) in [5.74, 6) is 0.336. The Bertz CT molecular complexity index is 934. The van der Waals surface area contributed by atoms with Crippen LogP contribution in [0.3, 0.4) is 0 Å². The maximum atomic E-state index is 12.3. The van der Waals surface area contributed by atoms with E-state index in [4.69, 9.17) is 8.92 Å². The van der Waals surface area contributed by atoms with Crippen molar-refractivity contribution < 1.29 is 25.8 Å². The minimum Gasteiger partial charge on any atom is -0.493 e. The molecule has 0 aliphatic rings. The molecule has 0 bridgehead atoms. The number of hydrogen-bond acceptors (Lipinski definition) is 6. The topological polar surface area (TPSA) is 98.8 Å². The predicted octanol–water partition coefficient (Wildman–Crippen LogP) is 1.68. The van der Waals surface area contributed by atoms with E-state index in [1.807, 2.05) is 6.92 Å². The molecule has 0 amide bonds. The lowest BCUT2D eigenvalue weighted by molar-refractivity contribution is 0.390. The Morgan fingerprint density at radius 1 is 0.875 bits per heavy atom. The van der Waals surface area contributed by atoms with Crippen LogP contribution >= 0.6 is 0 Å². The molecule has 0 fully saturated rings. The maximum Gasteiger partial charge on any atom is 0.339 e. The first-order valence-electron chi connectivity index (χ1n) is 6.82. The van der Waals surface area contributed by atoms with Crippen LogP contribution in [-0.2, 0) is 20.1 Å². The molecule has 130 valence electrons. The zero-order chi connectivity index (χ0) is 18.0. The van der Waals surface area contributed by atoms with Gasteiger partial charge in [0.05, 0.1) is 12.0 Å². The third-order valence-electron chi connectivity index (χ3n) is 3.21.